The van der Waals surface area contributed by atoms with Gasteiger partial charge < -0.3 is 9.47 Å². The van der Waals surface area contributed by atoms with E-state index in [2.05, 4.69) is 0 Å². The molecule has 1 rings (SSSR count). The van der Waals surface area contributed by atoms with Crippen LogP contribution in [0.15, 0.2) is 26.8 Å². The third-order valence-electron chi connectivity index (χ3n) is 3.21. The van der Waals surface area contributed by atoms with Crippen molar-refractivity contribution in [2.75, 3.05) is 38.9 Å². The SMILES string of the molecule is COCCCSc1ccc(SCCCOC)c(S(F)(F)(F)(F)F)c1C. The molecule has 0 amide bonds. The third-order valence-corrected chi connectivity index (χ3v) is 7.02. The van der Waals surface area contributed by atoms with Gasteiger partial charge in [0.15, 0.2) is 0 Å². The van der Waals surface area contributed by atoms with Crippen LogP contribution in [0.2, 0.25) is 0 Å². The summed E-state index contributed by atoms with van der Waals surface area (Å²) >= 11 is 1.92. The summed E-state index contributed by atoms with van der Waals surface area (Å²) in [7, 11) is -6.79. The van der Waals surface area contributed by atoms with Crippen molar-refractivity contribution in [1.82, 2.24) is 0 Å². The van der Waals surface area contributed by atoms with Gasteiger partial charge in [-0.2, -0.15) is 0 Å². The fourth-order valence-electron chi connectivity index (χ4n) is 2.17. The highest BCUT2D eigenvalue weighted by molar-refractivity contribution is 8.46. The van der Waals surface area contributed by atoms with Gasteiger partial charge in [-0.25, -0.2) is 0 Å². The maximum Gasteiger partial charge on any atom is 0.311 e. The van der Waals surface area contributed by atoms with Crippen molar-refractivity contribution in [3.63, 3.8) is 0 Å². The molecule has 10 heteroatoms. The van der Waals surface area contributed by atoms with E-state index in [4.69, 9.17) is 9.47 Å². The summed E-state index contributed by atoms with van der Waals surface area (Å²) in [6.45, 7) is 1.95. The van der Waals surface area contributed by atoms with Crippen LogP contribution < -0.4 is 0 Å². The molecular formula is C15H23F5O2S3. The fourth-order valence-corrected chi connectivity index (χ4v) is 5.92. The van der Waals surface area contributed by atoms with E-state index in [1.165, 1.54) is 20.3 Å². The summed E-state index contributed by atoms with van der Waals surface area (Å²) in [6, 6.07) is 2.63. The third kappa shape index (κ3) is 7.54. The molecule has 25 heavy (non-hydrogen) atoms. The van der Waals surface area contributed by atoms with E-state index in [0.29, 0.717) is 31.8 Å². The van der Waals surface area contributed by atoms with Crippen LogP contribution in [0.1, 0.15) is 18.4 Å². The van der Waals surface area contributed by atoms with Gasteiger partial charge in [-0.05, 0) is 37.5 Å². The summed E-state index contributed by atoms with van der Waals surface area (Å²) in [4.78, 5) is -1.95. The molecule has 0 heterocycles. The summed E-state index contributed by atoms with van der Waals surface area (Å²) in [5.74, 6) is 0.767. The van der Waals surface area contributed by atoms with Crippen LogP contribution in [-0.4, -0.2) is 38.9 Å². The first-order valence-electron chi connectivity index (χ1n) is 7.52. The van der Waals surface area contributed by atoms with Crippen LogP contribution in [0.25, 0.3) is 0 Å². The molecule has 0 atom stereocenters. The molecule has 0 saturated carbocycles. The zero-order valence-electron chi connectivity index (χ0n) is 14.3. The van der Waals surface area contributed by atoms with E-state index in [1.54, 1.807) is 0 Å². The molecule has 2 nitrogen and oxygen atoms in total. The highest BCUT2D eigenvalue weighted by atomic mass is 32.5. The molecule has 1 aromatic rings. The van der Waals surface area contributed by atoms with Crippen molar-refractivity contribution in [3.8, 4) is 0 Å². The number of rotatable bonds is 11. The largest absolute Gasteiger partial charge is 0.385 e. The van der Waals surface area contributed by atoms with Gasteiger partial charge in [0, 0.05) is 48.7 Å². The summed E-state index contributed by atoms with van der Waals surface area (Å²) in [6.07, 6.45) is 1.10. The normalized spacial score (nSPS) is 15.0. The lowest BCUT2D eigenvalue weighted by molar-refractivity contribution is 0.200. The monoisotopic (exact) mass is 426 g/mol. The molecule has 0 aliphatic rings. The molecule has 0 spiro atoms. The highest BCUT2D eigenvalue weighted by Gasteiger charge is 2.67. The number of halogens is 5. The van der Waals surface area contributed by atoms with Gasteiger partial charge in [0.1, 0.15) is 4.90 Å². The lowest BCUT2D eigenvalue weighted by atomic mass is 10.2. The number of thioether (sulfide) groups is 2. The van der Waals surface area contributed by atoms with Crippen molar-refractivity contribution in [1.29, 1.82) is 0 Å². The quantitative estimate of drug-likeness (QED) is 0.217. The van der Waals surface area contributed by atoms with Crippen LogP contribution in [0, 0.1) is 6.92 Å². The van der Waals surface area contributed by atoms with Crippen molar-refractivity contribution >= 4 is 33.7 Å². The first-order chi connectivity index (χ1) is 11.4. The summed E-state index contributed by atoms with van der Waals surface area (Å²) in [5, 5.41) is 0. The van der Waals surface area contributed by atoms with E-state index in [1.807, 2.05) is 0 Å². The molecule has 0 saturated heterocycles. The zero-order valence-corrected chi connectivity index (χ0v) is 16.8. The highest BCUT2D eigenvalue weighted by Crippen LogP contribution is 3.03. The van der Waals surface area contributed by atoms with Gasteiger partial charge in [-0.15, -0.1) is 23.5 Å². The maximum atomic E-state index is 13.6. The fraction of sp³-hybridized carbons (Fsp3) is 0.600. The number of hydrogen-bond donors (Lipinski definition) is 0. The van der Waals surface area contributed by atoms with Crippen molar-refractivity contribution in [2.24, 2.45) is 0 Å². The average Bonchev–Trinajstić information content (AvgIpc) is 2.47. The Kier molecular flexibility index (Phi) is 7.55. The van der Waals surface area contributed by atoms with Crippen molar-refractivity contribution < 1.29 is 28.9 Å². The summed E-state index contributed by atoms with van der Waals surface area (Å²) in [5.41, 5.74) is -0.404. The zero-order chi connectivity index (χ0) is 19.2. The van der Waals surface area contributed by atoms with Crippen molar-refractivity contribution in [2.45, 2.75) is 34.5 Å². The van der Waals surface area contributed by atoms with Gasteiger partial charge in [-0.1, -0.05) is 19.4 Å². The Hall–Kier alpha value is -0.160. The van der Waals surface area contributed by atoms with Gasteiger partial charge in [-0.3, -0.25) is 0 Å². The second-order valence-electron chi connectivity index (χ2n) is 5.37. The van der Waals surface area contributed by atoms with Crippen LogP contribution in [0.4, 0.5) is 19.4 Å². The predicted octanol–water partition coefficient (Wildman–Crippen LogP) is 6.91. The Morgan fingerprint density at radius 2 is 1.28 bits per heavy atom. The number of ether oxygens (including phenoxy) is 2. The van der Waals surface area contributed by atoms with E-state index in [0.717, 1.165) is 36.5 Å². The first-order valence-corrected chi connectivity index (χ1v) is 11.4. The maximum absolute atomic E-state index is 13.6. The lowest BCUT2D eigenvalue weighted by Crippen LogP contribution is -2.11. The minimum absolute atomic E-state index is 0.223. The second kappa shape index (κ2) is 8.24. The molecule has 0 bridgehead atoms. The van der Waals surface area contributed by atoms with Gasteiger partial charge in [0.05, 0.1) is 0 Å². The lowest BCUT2D eigenvalue weighted by Gasteiger charge is -2.43. The number of hydrogen-bond acceptors (Lipinski definition) is 4. The molecule has 148 valence electrons. The van der Waals surface area contributed by atoms with Crippen LogP contribution in [-0.2, 0) is 9.47 Å². The Morgan fingerprint density at radius 1 is 0.840 bits per heavy atom. The molecule has 0 aliphatic heterocycles. The molecule has 0 aliphatic carbocycles. The molecule has 0 radical (unpaired) electrons. The molecule has 0 fully saturated rings. The van der Waals surface area contributed by atoms with Gasteiger partial charge >= 0.3 is 10.2 Å². The van der Waals surface area contributed by atoms with Crippen molar-refractivity contribution in [3.05, 3.63) is 17.7 Å². The van der Waals surface area contributed by atoms with E-state index in [-0.39, 0.29) is 10.6 Å². The molecular weight excluding hydrogens is 403 g/mol. The standard InChI is InChI=1S/C15H23F5O2S3/c1-12-13(23-10-4-8-21-2)6-7-14(24-11-5-9-22-3)15(12)25(16,17,18,19)20/h6-7H,4-5,8-11H2,1-3H3. The van der Waals surface area contributed by atoms with Crippen LogP contribution >= 0.6 is 33.7 Å². The number of benzene rings is 1. The Morgan fingerprint density at radius 3 is 1.72 bits per heavy atom. The minimum atomic E-state index is -9.79. The summed E-state index contributed by atoms with van der Waals surface area (Å²) < 4.78 is 77.7. The van der Waals surface area contributed by atoms with E-state index < -0.39 is 25.6 Å². The Balaban J connectivity index is 3.16. The van der Waals surface area contributed by atoms with Gasteiger partial charge in [0.2, 0.25) is 0 Å². The van der Waals surface area contributed by atoms with E-state index in [9.17, 15) is 19.4 Å². The first kappa shape index (κ1) is 22.9. The van der Waals surface area contributed by atoms with Gasteiger partial charge in [0.25, 0.3) is 0 Å². The molecule has 0 unspecified atom stereocenters. The smallest absolute Gasteiger partial charge is 0.311 e. The minimum Gasteiger partial charge on any atom is -0.385 e. The predicted molar refractivity (Wildman–Crippen MR) is 97.0 cm³/mol. The molecule has 1 aromatic carbocycles. The Labute approximate surface area is 153 Å². The second-order valence-corrected chi connectivity index (χ2v) is 9.99. The van der Waals surface area contributed by atoms with E-state index >= 15 is 0 Å². The molecule has 0 aromatic heterocycles. The number of methoxy groups -OCH3 is 2. The Bertz CT molecular complexity index is 578. The van der Waals surface area contributed by atoms with Crippen LogP contribution in [0.3, 0.4) is 0 Å². The molecule has 0 N–H and O–H groups in total. The van der Waals surface area contributed by atoms with Crippen LogP contribution in [0.5, 0.6) is 0 Å². The average molecular weight is 427 g/mol. The topological polar surface area (TPSA) is 18.5 Å².